The van der Waals surface area contributed by atoms with Gasteiger partial charge in [-0.25, -0.2) is 0 Å². The Morgan fingerprint density at radius 3 is 2.71 bits per heavy atom. The van der Waals surface area contributed by atoms with Crippen molar-refractivity contribution >= 4 is 16.6 Å². The van der Waals surface area contributed by atoms with Crippen molar-refractivity contribution in [3.8, 4) is 11.1 Å². The van der Waals surface area contributed by atoms with E-state index in [1.807, 2.05) is 30.3 Å². The second kappa shape index (κ2) is 5.46. The Hall–Kier alpha value is -2.52. The molecular formula is C18H18N2O. The van der Waals surface area contributed by atoms with Gasteiger partial charge in [0.05, 0.1) is 6.61 Å². The van der Waals surface area contributed by atoms with E-state index in [2.05, 4.69) is 35.5 Å². The van der Waals surface area contributed by atoms with Crippen molar-refractivity contribution in [2.24, 2.45) is 5.73 Å². The SMILES string of the molecule is C=C(N)c1cccc(-c2cn(CCO)c3ccccc23)c1. The van der Waals surface area contributed by atoms with Crippen molar-refractivity contribution in [3.63, 3.8) is 0 Å². The van der Waals surface area contributed by atoms with Crippen LogP contribution in [0, 0.1) is 0 Å². The summed E-state index contributed by atoms with van der Waals surface area (Å²) < 4.78 is 2.08. The molecule has 3 aromatic rings. The van der Waals surface area contributed by atoms with Crippen LogP contribution in [0.15, 0.2) is 61.3 Å². The van der Waals surface area contributed by atoms with Gasteiger partial charge in [0, 0.05) is 34.9 Å². The van der Waals surface area contributed by atoms with E-state index in [0.29, 0.717) is 12.2 Å². The van der Waals surface area contributed by atoms with Crippen molar-refractivity contribution in [3.05, 3.63) is 66.9 Å². The number of nitrogens with zero attached hydrogens (tertiary/aromatic N) is 1. The zero-order valence-corrected chi connectivity index (χ0v) is 11.8. The minimum atomic E-state index is 0.123. The summed E-state index contributed by atoms with van der Waals surface area (Å²) >= 11 is 0. The van der Waals surface area contributed by atoms with Crippen LogP contribution in [-0.4, -0.2) is 16.3 Å². The normalized spacial score (nSPS) is 10.9. The minimum Gasteiger partial charge on any atom is -0.399 e. The van der Waals surface area contributed by atoms with Gasteiger partial charge in [0.2, 0.25) is 0 Å². The zero-order chi connectivity index (χ0) is 14.8. The van der Waals surface area contributed by atoms with Gasteiger partial charge in [-0.05, 0) is 23.3 Å². The molecule has 0 amide bonds. The molecule has 2 aromatic carbocycles. The molecule has 0 radical (unpaired) electrons. The number of hydrogen-bond acceptors (Lipinski definition) is 2. The van der Waals surface area contributed by atoms with Gasteiger partial charge in [0.1, 0.15) is 0 Å². The first-order chi connectivity index (χ1) is 10.2. The summed E-state index contributed by atoms with van der Waals surface area (Å²) in [4.78, 5) is 0. The number of hydrogen-bond donors (Lipinski definition) is 2. The van der Waals surface area contributed by atoms with Gasteiger partial charge < -0.3 is 15.4 Å². The van der Waals surface area contributed by atoms with Crippen LogP contribution in [0.2, 0.25) is 0 Å². The molecule has 106 valence electrons. The van der Waals surface area contributed by atoms with Gasteiger partial charge >= 0.3 is 0 Å². The lowest BCUT2D eigenvalue weighted by Gasteiger charge is -2.04. The van der Waals surface area contributed by atoms with Crippen LogP contribution in [-0.2, 0) is 6.54 Å². The quantitative estimate of drug-likeness (QED) is 0.770. The molecule has 0 atom stereocenters. The summed E-state index contributed by atoms with van der Waals surface area (Å²) in [5.41, 5.74) is 10.7. The molecule has 3 heteroatoms. The molecule has 0 fully saturated rings. The lowest BCUT2D eigenvalue weighted by Crippen LogP contribution is -1.99. The average molecular weight is 278 g/mol. The van der Waals surface area contributed by atoms with E-state index in [1.54, 1.807) is 0 Å². The number of benzene rings is 2. The number of nitrogens with two attached hydrogens (primary N) is 1. The standard InChI is InChI=1S/C18H18N2O/c1-13(19)14-5-4-6-15(11-14)17-12-20(9-10-21)18-8-3-2-7-16(17)18/h2-8,11-12,21H,1,9-10,19H2. The summed E-state index contributed by atoms with van der Waals surface area (Å²) in [6.45, 7) is 4.51. The lowest BCUT2D eigenvalue weighted by molar-refractivity contribution is 0.278. The van der Waals surface area contributed by atoms with Crippen LogP contribution < -0.4 is 5.73 Å². The molecule has 0 spiro atoms. The van der Waals surface area contributed by atoms with Gasteiger partial charge in [0.25, 0.3) is 0 Å². The summed E-state index contributed by atoms with van der Waals surface area (Å²) in [6.07, 6.45) is 2.08. The van der Waals surface area contributed by atoms with Crippen LogP contribution in [0.25, 0.3) is 27.7 Å². The summed E-state index contributed by atoms with van der Waals surface area (Å²) in [5.74, 6) is 0. The van der Waals surface area contributed by atoms with Crippen LogP contribution in [0.5, 0.6) is 0 Å². The van der Waals surface area contributed by atoms with Gasteiger partial charge in [-0.1, -0.05) is 43.0 Å². The molecule has 0 aliphatic rings. The van der Waals surface area contributed by atoms with Crippen LogP contribution in [0.1, 0.15) is 5.56 Å². The third-order valence-corrected chi connectivity index (χ3v) is 3.67. The number of aliphatic hydroxyl groups excluding tert-OH is 1. The Morgan fingerprint density at radius 1 is 1.14 bits per heavy atom. The van der Waals surface area contributed by atoms with E-state index in [4.69, 9.17) is 5.73 Å². The molecule has 21 heavy (non-hydrogen) atoms. The first-order valence-corrected chi connectivity index (χ1v) is 6.94. The number of rotatable bonds is 4. The molecule has 1 heterocycles. The number of aliphatic hydroxyl groups is 1. The van der Waals surface area contributed by atoms with Crippen LogP contribution in [0.3, 0.4) is 0 Å². The highest BCUT2D eigenvalue weighted by atomic mass is 16.3. The predicted octanol–water partition coefficient (Wildman–Crippen LogP) is 3.23. The maximum atomic E-state index is 9.23. The molecule has 3 rings (SSSR count). The monoisotopic (exact) mass is 278 g/mol. The fraction of sp³-hybridized carbons (Fsp3) is 0.111. The Morgan fingerprint density at radius 2 is 1.95 bits per heavy atom. The fourth-order valence-electron chi connectivity index (χ4n) is 2.66. The van der Waals surface area contributed by atoms with Crippen LogP contribution >= 0.6 is 0 Å². The first-order valence-electron chi connectivity index (χ1n) is 6.94. The van der Waals surface area contributed by atoms with E-state index >= 15 is 0 Å². The van der Waals surface area contributed by atoms with Crippen LogP contribution in [0.4, 0.5) is 0 Å². The fourth-order valence-corrected chi connectivity index (χ4v) is 2.66. The smallest absolute Gasteiger partial charge is 0.0610 e. The molecular weight excluding hydrogens is 260 g/mol. The van der Waals surface area contributed by atoms with Crippen molar-refractivity contribution in [1.29, 1.82) is 0 Å². The summed E-state index contributed by atoms with van der Waals surface area (Å²) in [7, 11) is 0. The highest BCUT2D eigenvalue weighted by Crippen LogP contribution is 2.31. The number of para-hydroxylation sites is 1. The minimum absolute atomic E-state index is 0.123. The molecule has 0 saturated heterocycles. The highest BCUT2D eigenvalue weighted by molar-refractivity contribution is 5.96. The molecule has 0 aliphatic heterocycles. The third-order valence-electron chi connectivity index (χ3n) is 3.67. The molecule has 0 unspecified atom stereocenters. The second-order valence-corrected chi connectivity index (χ2v) is 5.08. The van der Waals surface area contributed by atoms with E-state index in [9.17, 15) is 5.11 Å². The zero-order valence-electron chi connectivity index (χ0n) is 11.8. The Bertz CT molecular complexity index is 802. The van der Waals surface area contributed by atoms with E-state index in [1.165, 1.54) is 5.39 Å². The van der Waals surface area contributed by atoms with Gasteiger partial charge in [-0.2, -0.15) is 0 Å². The lowest BCUT2D eigenvalue weighted by atomic mass is 10.0. The largest absolute Gasteiger partial charge is 0.399 e. The Kier molecular flexibility index (Phi) is 3.50. The molecule has 0 saturated carbocycles. The third kappa shape index (κ3) is 2.43. The molecule has 0 aliphatic carbocycles. The molecule has 1 aromatic heterocycles. The summed E-state index contributed by atoms with van der Waals surface area (Å²) in [5, 5.41) is 10.4. The van der Waals surface area contributed by atoms with Gasteiger partial charge in [-0.3, -0.25) is 0 Å². The Balaban J connectivity index is 2.20. The van der Waals surface area contributed by atoms with Crippen molar-refractivity contribution in [2.45, 2.75) is 6.54 Å². The molecule has 3 nitrogen and oxygen atoms in total. The predicted molar refractivity (Wildman–Crippen MR) is 87.7 cm³/mol. The maximum Gasteiger partial charge on any atom is 0.0610 e. The van der Waals surface area contributed by atoms with Crippen molar-refractivity contribution in [1.82, 2.24) is 4.57 Å². The summed E-state index contributed by atoms with van der Waals surface area (Å²) in [6, 6.07) is 16.3. The van der Waals surface area contributed by atoms with Crippen molar-refractivity contribution < 1.29 is 5.11 Å². The maximum absolute atomic E-state index is 9.23. The van der Waals surface area contributed by atoms with Gasteiger partial charge in [-0.15, -0.1) is 0 Å². The van der Waals surface area contributed by atoms with Gasteiger partial charge in [0.15, 0.2) is 0 Å². The second-order valence-electron chi connectivity index (χ2n) is 5.08. The highest BCUT2D eigenvalue weighted by Gasteiger charge is 2.10. The first kappa shape index (κ1) is 13.5. The number of fused-ring (bicyclic) bond motifs is 1. The number of aromatic nitrogens is 1. The Labute approximate surface area is 123 Å². The molecule has 0 bridgehead atoms. The van der Waals surface area contributed by atoms with E-state index in [0.717, 1.165) is 22.2 Å². The van der Waals surface area contributed by atoms with E-state index in [-0.39, 0.29) is 6.61 Å². The topological polar surface area (TPSA) is 51.2 Å². The van der Waals surface area contributed by atoms with Crippen molar-refractivity contribution in [2.75, 3.05) is 6.61 Å². The molecule has 3 N–H and O–H groups in total. The average Bonchev–Trinajstić information content (AvgIpc) is 2.87. The van der Waals surface area contributed by atoms with E-state index < -0.39 is 0 Å².